The first kappa shape index (κ1) is 32.0. The molecule has 0 spiro atoms. The van der Waals surface area contributed by atoms with Crippen LogP contribution in [0, 0.1) is 23.7 Å². The number of carbonyl (C=O) groups excluding carboxylic acids is 1. The predicted octanol–water partition coefficient (Wildman–Crippen LogP) is 5.32. The summed E-state index contributed by atoms with van der Waals surface area (Å²) in [4.78, 5) is 25.4. The molecule has 13 heteroatoms. The summed E-state index contributed by atoms with van der Waals surface area (Å²) in [6, 6.07) is 17.7. The van der Waals surface area contributed by atoms with Gasteiger partial charge in [-0.2, -0.15) is 5.26 Å². The Morgan fingerprint density at radius 3 is 2.78 bits per heavy atom. The zero-order valence-electron chi connectivity index (χ0n) is 26.5. The summed E-state index contributed by atoms with van der Waals surface area (Å²) in [5.74, 6) is 0.916. The number of carbonyl (C=O) groups is 1. The fourth-order valence-electron chi connectivity index (χ4n) is 6.17. The van der Waals surface area contributed by atoms with Gasteiger partial charge in [-0.3, -0.25) is 15.2 Å². The molecule has 1 atom stereocenters. The summed E-state index contributed by atoms with van der Waals surface area (Å²) in [7, 11) is 0. The highest BCUT2D eigenvalue weighted by atomic mass is 35.5. The normalized spacial score (nSPS) is 14.3. The van der Waals surface area contributed by atoms with Crippen LogP contribution in [-0.2, 0) is 17.9 Å². The number of aliphatic hydroxyl groups excluding tert-OH is 1. The molecular formula is C36H32ClN9O3. The summed E-state index contributed by atoms with van der Waals surface area (Å²) in [5.41, 5.74) is 6.33. The minimum Gasteiger partial charge on any atom is -0.434 e. The van der Waals surface area contributed by atoms with Crippen LogP contribution in [0.3, 0.4) is 0 Å². The Kier molecular flexibility index (Phi) is 8.79. The third kappa shape index (κ3) is 6.23. The number of halogens is 1. The van der Waals surface area contributed by atoms with E-state index < -0.39 is 0 Å². The third-order valence-electron chi connectivity index (χ3n) is 8.70. The van der Waals surface area contributed by atoms with Crippen molar-refractivity contribution in [3.63, 3.8) is 0 Å². The van der Waals surface area contributed by atoms with Gasteiger partial charge in [0.1, 0.15) is 17.1 Å². The molecule has 0 radical (unpaired) electrons. The Labute approximate surface area is 285 Å². The number of oxazole rings is 1. The summed E-state index contributed by atoms with van der Waals surface area (Å²) in [5, 5.41) is 38.9. The molecule has 12 nitrogen and oxygen atoms in total. The van der Waals surface area contributed by atoms with Gasteiger partial charge in [0.2, 0.25) is 11.8 Å². The van der Waals surface area contributed by atoms with Crippen LogP contribution in [0.5, 0.6) is 0 Å². The average molecular weight is 674 g/mol. The van der Waals surface area contributed by atoms with Crippen molar-refractivity contribution >= 4 is 51.0 Å². The van der Waals surface area contributed by atoms with E-state index in [-0.39, 0.29) is 53.1 Å². The number of pyridine rings is 3. The molecule has 7 rings (SSSR count). The molecule has 1 fully saturated rings. The molecule has 1 aliphatic heterocycles. The van der Waals surface area contributed by atoms with Gasteiger partial charge in [0.25, 0.3) is 0 Å². The molecule has 0 unspecified atom stereocenters. The van der Waals surface area contributed by atoms with Crippen molar-refractivity contribution in [2.45, 2.75) is 38.9 Å². The van der Waals surface area contributed by atoms with Gasteiger partial charge >= 0.3 is 0 Å². The fraction of sp³-hybridized carbons (Fsp3) is 0.222. The summed E-state index contributed by atoms with van der Waals surface area (Å²) < 4.78 is 7.49. The van der Waals surface area contributed by atoms with Gasteiger partial charge < -0.3 is 30.0 Å². The minimum atomic E-state index is -0.186. The van der Waals surface area contributed by atoms with Crippen LogP contribution in [0.4, 0.5) is 11.5 Å². The number of hydrogen-bond acceptors (Lipinski definition) is 10. The van der Waals surface area contributed by atoms with Gasteiger partial charge in [-0.05, 0) is 54.3 Å². The second-order valence-electron chi connectivity index (χ2n) is 11.9. The van der Waals surface area contributed by atoms with Gasteiger partial charge in [-0.15, -0.1) is 0 Å². The van der Waals surface area contributed by atoms with Crippen LogP contribution in [0.15, 0.2) is 71.5 Å². The lowest BCUT2D eigenvalue weighted by atomic mass is 9.97. The van der Waals surface area contributed by atoms with Gasteiger partial charge in [-0.1, -0.05) is 35.9 Å². The molecule has 0 bridgehead atoms. The summed E-state index contributed by atoms with van der Waals surface area (Å²) in [6.45, 7) is 3.31. The topological polar surface area (TPSA) is 178 Å². The van der Waals surface area contributed by atoms with Crippen molar-refractivity contribution in [2.75, 3.05) is 18.5 Å². The highest BCUT2D eigenvalue weighted by Gasteiger charge is 2.21. The molecule has 4 aromatic heterocycles. The van der Waals surface area contributed by atoms with Crippen LogP contribution in [-0.4, -0.2) is 49.7 Å². The van der Waals surface area contributed by atoms with Gasteiger partial charge in [0.15, 0.2) is 22.4 Å². The van der Waals surface area contributed by atoms with Crippen LogP contribution < -0.4 is 21.4 Å². The van der Waals surface area contributed by atoms with E-state index in [0.717, 1.165) is 45.3 Å². The molecule has 1 aliphatic rings. The van der Waals surface area contributed by atoms with Crippen molar-refractivity contribution in [2.24, 2.45) is 0 Å². The first-order valence-corrected chi connectivity index (χ1v) is 16.2. The van der Waals surface area contributed by atoms with E-state index in [1.54, 1.807) is 12.3 Å². The quantitative estimate of drug-likeness (QED) is 0.129. The molecule has 246 valence electrons. The van der Waals surface area contributed by atoms with Crippen LogP contribution in [0.25, 0.3) is 44.6 Å². The molecule has 1 amide bonds. The SMILES string of the molecule is Cc1c(Nc2nccc3cc(CNC[C@@H]4CCC(=O)N4)cnc23)cccc1-c1cccc(-c2nc3c(=N)n(CCO)cc(C#N)c3o2)c1Cl. The van der Waals surface area contributed by atoms with E-state index in [1.807, 2.05) is 49.5 Å². The van der Waals surface area contributed by atoms with Crippen molar-refractivity contribution in [1.82, 2.24) is 30.2 Å². The molecular weight excluding hydrogens is 642 g/mol. The maximum Gasteiger partial charge on any atom is 0.229 e. The third-order valence-corrected chi connectivity index (χ3v) is 9.10. The minimum absolute atomic E-state index is 0.0278. The smallest absolute Gasteiger partial charge is 0.229 e. The lowest BCUT2D eigenvalue weighted by molar-refractivity contribution is -0.119. The van der Waals surface area contributed by atoms with Crippen molar-refractivity contribution in [3.8, 4) is 28.7 Å². The second-order valence-corrected chi connectivity index (χ2v) is 12.3. The number of nitrogens with zero attached hydrogens (tertiary/aromatic N) is 5. The average Bonchev–Trinajstić information content (AvgIpc) is 3.74. The van der Waals surface area contributed by atoms with Gasteiger partial charge in [0.05, 0.1) is 17.2 Å². The monoisotopic (exact) mass is 673 g/mol. The highest BCUT2D eigenvalue weighted by Crippen LogP contribution is 2.40. The number of fused-ring (bicyclic) bond motifs is 2. The highest BCUT2D eigenvalue weighted by molar-refractivity contribution is 6.36. The fourth-order valence-corrected chi connectivity index (χ4v) is 6.48. The first-order valence-electron chi connectivity index (χ1n) is 15.8. The van der Waals surface area contributed by atoms with Crippen molar-refractivity contribution < 1.29 is 14.3 Å². The number of hydrogen-bond donors (Lipinski definition) is 5. The maximum atomic E-state index is 11.5. The molecule has 2 aromatic carbocycles. The predicted molar refractivity (Wildman–Crippen MR) is 186 cm³/mol. The first-order chi connectivity index (χ1) is 23.8. The standard InChI is InChI=1S/C36H32ClN9O3/c1-20-25(26-5-2-6-27(30(26)37)36-45-32-33(49-36)23(15-38)19-46(12-13-47)34(32)39)4-3-7-28(20)44-35-31-22(10-11-41-35)14-21(17-42-31)16-40-18-24-8-9-29(48)43-24/h2-7,10-11,14,17,19,24,39-40,47H,8-9,12-13,16,18H2,1H3,(H,41,44)(H,43,48)/t24-/m0/s1. The molecule has 0 aliphatic carbocycles. The van der Waals surface area contributed by atoms with E-state index in [2.05, 4.69) is 38.1 Å². The van der Waals surface area contributed by atoms with Crippen LogP contribution in [0.1, 0.15) is 29.5 Å². The molecule has 1 saturated heterocycles. The molecule has 5 heterocycles. The molecule has 49 heavy (non-hydrogen) atoms. The Balaban J connectivity index is 1.16. The number of benzene rings is 2. The number of nitrogens with one attached hydrogen (secondary N) is 4. The zero-order valence-corrected chi connectivity index (χ0v) is 27.3. The summed E-state index contributed by atoms with van der Waals surface area (Å²) >= 11 is 7.04. The van der Waals surface area contributed by atoms with E-state index in [0.29, 0.717) is 35.9 Å². The molecule has 5 N–H and O–H groups in total. The molecule has 6 aromatic rings. The van der Waals surface area contributed by atoms with Gasteiger partial charge in [0, 0.05) is 67.3 Å². The Morgan fingerprint density at radius 2 is 1.98 bits per heavy atom. The number of aromatic nitrogens is 4. The lowest BCUT2D eigenvalue weighted by Crippen LogP contribution is -2.35. The number of anilines is 2. The number of nitriles is 1. The maximum absolute atomic E-state index is 11.5. The largest absolute Gasteiger partial charge is 0.434 e. The van der Waals surface area contributed by atoms with Crippen molar-refractivity contribution in [3.05, 3.63) is 94.3 Å². The number of aliphatic hydroxyl groups is 1. The van der Waals surface area contributed by atoms with Crippen molar-refractivity contribution in [1.29, 1.82) is 10.7 Å². The number of amides is 1. The Hall–Kier alpha value is -5.61. The Bertz CT molecular complexity index is 2340. The number of rotatable bonds is 10. The van der Waals surface area contributed by atoms with E-state index in [9.17, 15) is 15.2 Å². The van der Waals surface area contributed by atoms with Crippen LogP contribution >= 0.6 is 11.6 Å². The second kappa shape index (κ2) is 13.5. The van der Waals surface area contributed by atoms with E-state index in [1.165, 1.54) is 10.8 Å². The lowest BCUT2D eigenvalue weighted by Gasteiger charge is -2.16. The van der Waals surface area contributed by atoms with E-state index >= 15 is 0 Å². The van der Waals surface area contributed by atoms with E-state index in [4.69, 9.17) is 26.4 Å². The van der Waals surface area contributed by atoms with Crippen LogP contribution in [0.2, 0.25) is 5.02 Å². The Morgan fingerprint density at radius 1 is 1.16 bits per heavy atom. The molecule has 0 saturated carbocycles. The van der Waals surface area contributed by atoms with Gasteiger partial charge in [-0.25, -0.2) is 9.97 Å². The zero-order chi connectivity index (χ0) is 34.1. The summed E-state index contributed by atoms with van der Waals surface area (Å²) in [6.07, 6.45) is 6.51.